The van der Waals surface area contributed by atoms with Crippen LogP contribution in [0.15, 0.2) is 53.4 Å². The number of ether oxygens (including phenoxy) is 1. The summed E-state index contributed by atoms with van der Waals surface area (Å²) in [6, 6.07) is 13.5. The van der Waals surface area contributed by atoms with Crippen molar-refractivity contribution in [3.63, 3.8) is 0 Å². The van der Waals surface area contributed by atoms with Crippen molar-refractivity contribution in [1.29, 1.82) is 0 Å². The van der Waals surface area contributed by atoms with Gasteiger partial charge in [-0.05, 0) is 30.2 Å². The van der Waals surface area contributed by atoms with Crippen LogP contribution in [0.4, 0.5) is 0 Å². The quantitative estimate of drug-likeness (QED) is 0.889. The number of hydrogen-bond acceptors (Lipinski definition) is 4. The fourth-order valence-corrected chi connectivity index (χ4v) is 3.87. The summed E-state index contributed by atoms with van der Waals surface area (Å²) in [4.78, 5) is 14.7. The van der Waals surface area contributed by atoms with E-state index in [1.165, 1.54) is 6.07 Å². The molecule has 0 bridgehead atoms. The summed E-state index contributed by atoms with van der Waals surface area (Å²) in [5, 5.41) is 5.32. The fourth-order valence-electron chi connectivity index (χ4n) is 3.11. The molecule has 0 aliphatic carbocycles. The van der Waals surface area contributed by atoms with Gasteiger partial charge < -0.3 is 9.64 Å². The van der Waals surface area contributed by atoms with Gasteiger partial charge in [0, 0.05) is 24.2 Å². The molecule has 1 heterocycles. The number of carbonyl (C=O) groups excluding carboxylic acids is 1. The predicted molar refractivity (Wildman–Crippen MR) is 99.2 cm³/mol. The molecule has 0 saturated carbocycles. The highest BCUT2D eigenvalue weighted by Crippen LogP contribution is 2.27. The highest BCUT2D eigenvalue weighted by atomic mass is 32.2. The van der Waals surface area contributed by atoms with Crippen LogP contribution in [0.5, 0.6) is 0 Å². The highest BCUT2D eigenvalue weighted by molar-refractivity contribution is 7.89. The molecule has 6 nitrogen and oxygen atoms in total. The second-order valence-electron chi connectivity index (χ2n) is 6.27. The smallest absolute Gasteiger partial charge is 0.254 e. The van der Waals surface area contributed by atoms with Crippen LogP contribution in [0.2, 0.25) is 0 Å². The van der Waals surface area contributed by atoms with Gasteiger partial charge >= 0.3 is 0 Å². The molecule has 26 heavy (non-hydrogen) atoms. The number of carbonyl (C=O) groups is 1. The van der Waals surface area contributed by atoms with E-state index in [-0.39, 0.29) is 16.9 Å². The third kappa shape index (κ3) is 3.95. The van der Waals surface area contributed by atoms with Gasteiger partial charge in [0.25, 0.3) is 5.91 Å². The molecule has 1 atom stereocenters. The van der Waals surface area contributed by atoms with E-state index in [9.17, 15) is 13.2 Å². The number of nitrogens with zero attached hydrogens (tertiary/aromatic N) is 1. The first-order valence-electron chi connectivity index (χ1n) is 8.53. The average Bonchev–Trinajstić information content (AvgIpc) is 2.67. The van der Waals surface area contributed by atoms with Crippen LogP contribution < -0.4 is 5.14 Å². The molecule has 0 aromatic heterocycles. The summed E-state index contributed by atoms with van der Waals surface area (Å²) in [6.07, 6.45) is 0.907. The maximum Gasteiger partial charge on any atom is 0.254 e. The van der Waals surface area contributed by atoms with E-state index in [0.29, 0.717) is 36.4 Å². The lowest BCUT2D eigenvalue weighted by Gasteiger charge is -2.32. The van der Waals surface area contributed by atoms with E-state index < -0.39 is 10.0 Å². The minimum atomic E-state index is -3.86. The predicted octanol–water partition coefficient (Wildman–Crippen LogP) is 2.25. The molecular weight excluding hydrogens is 352 g/mol. The molecule has 138 valence electrons. The number of morpholine rings is 1. The van der Waals surface area contributed by atoms with Crippen molar-refractivity contribution in [3.05, 3.63) is 54.1 Å². The van der Waals surface area contributed by atoms with Gasteiger partial charge in [-0.1, -0.05) is 37.3 Å². The summed E-state index contributed by atoms with van der Waals surface area (Å²) in [6.45, 7) is 3.67. The number of hydrogen-bond donors (Lipinski definition) is 1. The minimum absolute atomic E-state index is 0.0435. The van der Waals surface area contributed by atoms with Crippen LogP contribution in [0, 0.1) is 0 Å². The summed E-state index contributed by atoms with van der Waals surface area (Å²) in [7, 11) is -3.86. The van der Waals surface area contributed by atoms with Crippen molar-refractivity contribution in [2.45, 2.75) is 24.3 Å². The molecule has 2 aromatic rings. The molecule has 2 N–H and O–H groups in total. The molecule has 7 heteroatoms. The van der Waals surface area contributed by atoms with Crippen LogP contribution in [-0.2, 0) is 14.8 Å². The van der Waals surface area contributed by atoms with Crippen LogP contribution in [0.3, 0.4) is 0 Å². The lowest BCUT2D eigenvalue weighted by atomic mass is 10.0. The molecule has 1 saturated heterocycles. The first kappa shape index (κ1) is 18.6. The van der Waals surface area contributed by atoms with Crippen molar-refractivity contribution in [2.24, 2.45) is 5.14 Å². The lowest BCUT2D eigenvalue weighted by molar-refractivity contribution is -0.0226. The third-order valence-electron chi connectivity index (χ3n) is 4.50. The molecule has 1 aliphatic heterocycles. The Morgan fingerprint density at radius 3 is 2.73 bits per heavy atom. The van der Waals surface area contributed by atoms with Gasteiger partial charge in [0.05, 0.1) is 17.6 Å². The molecule has 0 radical (unpaired) electrons. The topological polar surface area (TPSA) is 89.7 Å². The third-order valence-corrected chi connectivity index (χ3v) is 5.46. The summed E-state index contributed by atoms with van der Waals surface area (Å²) in [5.74, 6) is -0.0818. The Labute approximate surface area is 153 Å². The van der Waals surface area contributed by atoms with Crippen molar-refractivity contribution < 1.29 is 17.9 Å². The Kier molecular flexibility index (Phi) is 5.41. The number of primary sulfonamides is 1. The van der Waals surface area contributed by atoms with Gasteiger partial charge in [-0.3, -0.25) is 4.79 Å². The van der Waals surface area contributed by atoms with Crippen molar-refractivity contribution in [3.8, 4) is 11.1 Å². The van der Waals surface area contributed by atoms with Crippen molar-refractivity contribution in [2.75, 3.05) is 19.7 Å². The number of nitrogens with two attached hydrogens (primary N) is 1. The second-order valence-corrected chi connectivity index (χ2v) is 7.80. The van der Waals surface area contributed by atoms with Gasteiger partial charge in [0.1, 0.15) is 0 Å². The summed E-state index contributed by atoms with van der Waals surface area (Å²) in [5.41, 5.74) is 1.64. The zero-order valence-corrected chi connectivity index (χ0v) is 15.4. The van der Waals surface area contributed by atoms with E-state index in [0.717, 1.165) is 6.42 Å². The number of amides is 1. The van der Waals surface area contributed by atoms with Gasteiger partial charge in [-0.2, -0.15) is 0 Å². The lowest BCUT2D eigenvalue weighted by Crippen LogP contribution is -2.45. The monoisotopic (exact) mass is 374 g/mol. The highest BCUT2D eigenvalue weighted by Gasteiger charge is 2.24. The Bertz CT molecular complexity index is 911. The van der Waals surface area contributed by atoms with E-state index in [1.54, 1.807) is 47.4 Å². The number of sulfonamides is 1. The first-order chi connectivity index (χ1) is 12.4. The average molecular weight is 374 g/mol. The van der Waals surface area contributed by atoms with Crippen molar-refractivity contribution in [1.82, 2.24) is 4.90 Å². The molecule has 3 rings (SSSR count). The van der Waals surface area contributed by atoms with Crippen molar-refractivity contribution >= 4 is 15.9 Å². The molecule has 1 amide bonds. The number of rotatable bonds is 4. The number of benzene rings is 2. The van der Waals surface area contributed by atoms with E-state index in [2.05, 4.69) is 0 Å². The van der Waals surface area contributed by atoms with Crippen LogP contribution >= 0.6 is 0 Å². The molecular formula is C19H22N2O4S. The fraction of sp³-hybridized carbons (Fsp3) is 0.316. The largest absolute Gasteiger partial charge is 0.375 e. The van der Waals surface area contributed by atoms with E-state index >= 15 is 0 Å². The Balaban J connectivity index is 1.94. The van der Waals surface area contributed by atoms with Crippen LogP contribution in [0.25, 0.3) is 11.1 Å². The Hall–Kier alpha value is -2.22. The molecule has 1 fully saturated rings. The molecule has 1 aliphatic rings. The summed E-state index contributed by atoms with van der Waals surface area (Å²) >= 11 is 0. The summed E-state index contributed by atoms with van der Waals surface area (Å²) < 4.78 is 29.3. The van der Waals surface area contributed by atoms with Crippen LogP contribution in [-0.4, -0.2) is 45.0 Å². The van der Waals surface area contributed by atoms with Gasteiger partial charge in [0.2, 0.25) is 10.0 Å². The molecule has 0 spiro atoms. The van der Waals surface area contributed by atoms with Gasteiger partial charge in [-0.15, -0.1) is 0 Å². The maximum atomic E-state index is 12.9. The standard InChI is InChI=1S/C19H22N2O4S/c1-2-16-13-21(10-11-25-16)19(22)15-7-5-6-14(12-15)17-8-3-4-9-18(17)26(20,23)24/h3-9,12,16H,2,10-11,13H2,1H3,(H2,20,23,24)/t16-/m0/s1. The SMILES string of the molecule is CC[C@H]1CN(C(=O)c2cccc(-c3ccccc3S(N)(=O)=O)c2)CCO1. The van der Waals surface area contributed by atoms with Gasteiger partial charge in [-0.25, -0.2) is 13.6 Å². The first-order valence-corrected chi connectivity index (χ1v) is 10.1. The maximum absolute atomic E-state index is 12.9. The van der Waals surface area contributed by atoms with E-state index in [4.69, 9.17) is 9.88 Å². The Morgan fingerprint density at radius 1 is 1.23 bits per heavy atom. The minimum Gasteiger partial charge on any atom is -0.375 e. The van der Waals surface area contributed by atoms with Gasteiger partial charge in [0.15, 0.2) is 0 Å². The zero-order chi connectivity index (χ0) is 18.7. The second kappa shape index (κ2) is 7.57. The molecule has 2 aromatic carbocycles. The van der Waals surface area contributed by atoms with Crippen LogP contribution in [0.1, 0.15) is 23.7 Å². The molecule has 0 unspecified atom stereocenters. The zero-order valence-electron chi connectivity index (χ0n) is 14.6. The normalized spacial score (nSPS) is 17.9. The Morgan fingerprint density at radius 2 is 2.00 bits per heavy atom. The van der Waals surface area contributed by atoms with E-state index in [1.807, 2.05) is 6.92 Å².